The lowest BCUT2D eigenvalue weighted by Gasteiger charge is -2.17. The first-order chi connectivity index (χ1) is 8.13. The number of anilines is 1. The number of nitrogens with zero attached hydrogens (tertiary/aromatic N) is 2. The summed E-state index contributed by atoms with van der Waals surface area (Å²) in [6, 6.07) is 0. The maximum Gasteiger partial charge on any atom is 0.256 e. The molecule has 1 amide bonds. The van der Waals surface area contributed by atoms with Crippen molar-refractivity contribution in [2.75, 3.05) is 11.9 Å². The summed E-state index contributed by atoms with van der Waals surface area (Å²) in [6.07, 6.45) is 5.04. The molecule has 1 aromatic rings. The first-order valence-corrected chi connectivity index (χ1v) is 5.25. The zero-order chi connectivity index (χ0) is 12.4. The number of hydrogen-bond acceptors (Lipinski definition) is 3. The van der Waals surface area contributed by atoms with E-state index >= 15 is 0 Å². The Morgan fingerprint density at radius 3 is 3.18 bits per heavy atom. The van der Waals surface area contributed by atoms with Crippen molar-refractivity contribution in [1.29, 1.82) is 0 Å². The summed E-state index contributed by atoms with van der Waals surface area (Å²) in [5.74, 6) is 0.470. The first kappa shape index (κ1) is 11.2. The zero-order valence-corrected chi connectivity index (χ0v) is 9.66. The molecule has 0 unspecified atom stereocenters. The Kier molecular flexibility index (Phi) is 2.82. The maximum atomic E-state index is 11.8. The molecule has 0 spiro atoms. The molecule has 5 nitrogen and oxygen atoms in total. The van der Waals surface area contributed by atoms with E-state index in [-0.39, 0.29) is 5.91 Å². The van der Waals surface area contributed by atoms with Crippen LogP contribution in [0.3, 0.4) is 0 Å². The monoisotopic (exact) mass is 230 g/mol. The van der Waals surface area contributed by atoms with Gasteiger partial charge < -0.3 is 10.6 Å². The average Bonchev–Trinajstić information content (AvgIpc) is 2.69. The smallest absolute Gasteiger partial charge is 0.256 e. The highest BCUT2D eigenvalue weighted by Gasteiger charge is 2.20. The minimum atomic E-state index is -0.179. The van der Waals surface area contributed by atoms with Crippen LogP contribution in [0.15, 0.2) is 37.2 Å². The molecule has 0 bridgehead atoms. The Morgan fingerprint density at radius 2 is 2.47 bits per heavy atom. The molecule has 1 aliphatic rings. The van der Waals surface area contributed by atoms with E-state index in [1.807, 2.05) is 13.0 Å². The lowest BCUT2D eigenvalue weighted by Crippen LogP contribution is -2.24. The lowest BCUT2D eigenvalue weighted by atomic mass is 10.2. The van der Waals surface area contributed by atoms with Crippen molar-refractivity contribution in [3.63, 3.8) is 0 Å². The van der Waals surface area contributed by atoms with Crippen LogP contribution in [0.25, 0.3) is 5.70 Å². The number of rotatable bonds is 3. The molecule has 5 heteroatoms. The topological polar surface area (TPSA) is 59.0 Å². The van der Waals surface area contributed by atoms with Crippen molar-refractivity contribution >= 4 is 17.4 Å². The van der Waals surface area contributed by atoms with Gasteiger partial charge in [0.2, 0.25) is 0 Å². The lowest BCUT2D eigenvalue weighted by molar-refractivity contribution is 0.0959. The van der Waals surface area contributed by atoms with E-state index in [0.717, 1.165) is 11.4 Å². The predicted octanol–water partition coefficient (Wildman–Crippen LogP) is 1.60. The SMILES string of the molecule is C=CCNC(=O)c1cnn2c1NC(=C)C=C2C. The highest BCUT2D eigenvalue weighted by atomic mass is 16.1. The minimum absolute atomic E-state index is 0.179. The van der Waals surface area contributed by atoms with Crippen LogP contribution in [0.2, 0.25) is 0 Å². The van der Waals surface area contributed by atoms with Crippen LogP contribution in [-0.2, 0) is 0 Å². The first-order valence-electron chi connectivity index (χ1n) is 5.25. The van der Waals surface area contributed by atoms with Crippen molar-refractivity contribution in [1.82, 2.24) is 15.1 Å². The van der Waals surface area contributed by atoms with Gasteiger partial charge in [0.25, 0.3) is 5.91 Å². The molecule has 0 aromatic carbocycles. The maximum absolute atomic E-state index is 11.8. The molecular weight excluding hydrogens is 216 g/mol. The van der Waals surface area contributed by atoms with Crippen molar-refractivity contribution in [2.45, 2.75) is 6.92 Å². The Bertz CT molecular complexity index is 525. The van der Waals surface area contributed by atoms with Crippen LogP contribution in [0.1, 0.15) is 17.3 Å². The van der Waals surface area contributed by atoms with Crippen LogP contribution in [-0.4, -0.2) is 22.2 Å². The summed E-state index contributed by atoms with van der Waals surface area (Å²) < 4.78 is 1.68. The van der Waals surface area contributed by atoms with E-state index in [4.69, 9.17) is 0 Å². The fraction of sp³-hybridized carbons (Fsp3) is 0.167. The van der Waals surface area contributed by atoms with Gasteiger partial charge in [0.05, 0.1) is 6.20 Å². The van der Waals surface area contributed by atoms with Crippen LogP contribution in [0, 0.1) is 0 Å². The normalized spacial score (nSPS) is 13.5. The molecule has 1 aliphatic heterocycles. The van der Waals surface area contributed by atoms with Crippen molar-refractivity contribution in [3.05, 3.63) is 42.8 Å². The molecule has 0 atom stereocenters. The van der Waals surface area contributed by atoms with Gasteiger partial charge in [0.15, 0.2) is 0 Å². The van der Waals surface area contributed by atoms with Crippen LogP contribution < -0.4 is 10.6 Å². The number of fused-ring (bicyclic) bond motifs is 1. The molecule has 0 aliphatic carbocycles. The second-order valence-corrected chi connectivity index (χ2v) is 3.75. The number of hydrogen-bond donors (Lipinski definition) is 2. The number of carbonyl (C=O) groups excluding carboxylic acids is 1. The standard InChI is InChI=1S/C12H14N4O/c1-4-5-13-12(17)10-7-14-16-9(3)6-8(2)15-11(10)16/h4,6-7,15H,1-2,5H2,3H3,(H,13,17). The summed E-state index contributed by atoms with van der Waals surface area (Å²) in [4.78, 5) is 11.8. The van der Waals surface area contributed by atoms with Gasteiger partial charge in [-0.2, -0.15) is 5.10 Å². The highest BCUT2D eigenvalue weighted by Crippen LogP contribution is 2.25. The van der Waals surface area contributed by atoms with E-state index in [2.05, 4.69) is 28.9 Å². The van der Waals surface area contributed by atoms with Crippen molar-refractivity contribution in [3.8, 4) is 0 Å². The summed E-state index contributed by atoms with van der Waals surface area (Å²) >= 11 is 0. The third-order valence-corrected chi connectivity index (χ3v) is 2.42. The molecule has 0 saturated heterocycles. The number of nitrogens with one attached hydrogen (secondary N) is 2. The van der Waals surface area contributed by atoms with E-state index in [0.29, 0.717) is 17.9 Å². The quantitative estimate of drug-likeness (QED) is 0.775. The molecular formula is C12H14N4O. The number of amides is 1. The van der Waals surface area contributed by atoms with Crippen LogP contribution in [0.5, 0.6) is 0 Å². The summed E-state index contributed by atoms with van der Waals surface area (Å²) in [5.41, 5.74) is 2.17. The molecule has 17 heavy (non-hydrogen) atoms. The molecule has 0 saturated carbocycles. The van der Waals surface area contributed by atoms with E-state index in [1.165, 1.54) is 6.20 Å². The third-order valence-electron chi connectivity index (χ3n) is 2.42. The van der Waals surface area contributed by atoms with Gasteiger partial charge in [-0.1, -0.05) is 12.7 Å². The van der Waals surface area contributed by atoms with Crippen LogP contribution in [0.4, 0.5) is 5.82 Å². The Balaban J connectivity index is 2.33. The molecule has 2 rings (SSSR count). The van der Waals surface area contributed by atoms with Crippen molar-refractivity contribution < 1.29 is 4.79 Å². The van der Waals surface area contributed by atoms with Crippen LogP contribution >= 0.6 is 0 Å². The number of aromatic nitrogens is 2. The van der Waals surface area contributed by atoms with Gasteiger partial charge in [-0.05, 0) is 13.0 Å². The zero-order valence-electron chi connectivity index (χ0n) is 9.66. The Morgan fingerprint density at radius 1 is 1.71 bits per heavy atom. The summed E-state index contributed by atoms with van der Waals surface area (Å²) in [6.45, 7) is 9.72. The van der Waals surface area contributed by atoms with Gasteiger partial charge in [-0.25, -0.2) is 4.68 Å². The molecule has 0 fully saturated rings. The van der Waals surface area contributed by atoms with E-state index in [9.17, 15) is 4.79 Å². The van der Waals surface area contributed by atoms with Gasteiger partial charge >= 0.3 is 0 Å². The molecule has 2 heterocycles. The van der Waals surface area contributed by atoms with E-state index < -0.39 is 0 Å². The fourth-order valence-corrected chi connectivity index (χ4v) is 1.66. The molecule has 88 valence electrons. The largest absolute Gasteiger partial charge is 0.348 e. The number of allylic oxidation sites excluding steroid dienone is 2. The van der Waals surface area contributed by atoms with Gasteiger partial charge in [0.1, 0.15) is 11.4 Å². The Labute approximate surface area is 99.5 Å². The molecule has 1 aromatic heterocycles. The van der Waals surface area contributed by atoms with Gasteiger partial charge in [-0.15, -0.1) is 6.58 Å². The fourth-order valence-electron chi connectivity index (χ4n) is 1.66. The predicted molar refractivity (Wildman–Crippen MR) is 67.5 cm³/mol. The molecule has 2 N–H and O–H groups in total. The van der Waals surface area contributed by atoms with Crippen molar-refractivity contribution in [2.24, 2.45) is 0 Å². The second kappa shape index (κ2) is 4.29. The highest BCUT2D eigenvalue weighted by molar-refractivity contribution is 6.00. The average molecular weight is 230 g/mol. The third kappa shape index (κ3) is 1.99. The van der Waals surface area contributed by atoms with Gasteiger partial charge in [-0.3, -0.25) is 4.79 Å². The van der Waals surface area contributed by atoms with Gasteiger partial charge in [0, 0.05) is 17.9 Å². The second-order valence-electron chi connectivity index (χ2n) is 3.75. The summed E-state index contributed by atoms with van der Waals surface area (Å²) in [5, 5.41) is 9.91. The Hall–Kier alpha value is -2.30. The minimum Gasteiger partial charge on any atom is -0.348 e. The number of carbonyl (C=O) groups is 1. The molecule has 0 radical (unpaired) electrons. The van der Waals surface area contributed by atoms with E-state index in [1.54, 1.807) is 10.8 Å². The summed E-state index contributed by atoms with van der Waals surface area (Å²) in [7, 11) is 0.